The van der Waals surface area contributed by atoms with E-state index in [0.29, 0.717) is 11.0 Å². The highest BCUT2D eigenvalue weighted by atomic mass is 32.2. The molecule has 168 valence electrons. The molecule has 0 spiro atoms. The fraction of sp³-hybridized carbons (Fsp3) is 0.167. The highest BCUT2D eigenvalue weighted by molar-refractivity contribution is 7.99. The van der Waals surface area contributed by atoms with Crippen LogP contribution in [0.15, 0.2) is 76.5 Å². The van der Waals surface area contributed by atoms with Crippen LogP contribution in [0.5, 0.6) is 0 Å². The first-order valence-electron chi connectivity index (χ1n) is 10.3. The van der Waals surface area contributed by atoms with Crippen LogP contribution in [0.2, 0.25) is 0 Å². The summed E-state index contributed by atoms with van der Waals surface area (Å²) in [4.78, 5) is 24.8. The summed E-state index contributed by atoms with van der Waals surface area (Å²) in [5.74, 6) is 0.445. The molecule has 0 bridgehead atoms. The van der Waals surface area contributed by atoms with Crippen LogP contribution in [0.3, 0.4) is 0 Å². The SMILES string of the molecule is Cc1cccc(NC(=O)CSc2nnc(CNC(=O)c3ccco3)n2-c2cccc(C)c2)c1. The molecule has 9 heteroatoms. The summed E-state index contributed by atoms with van der Waals surface area (Å²) in [7, 11) is 0. The number of hydrogen-bond acceptors (Lipinski definition) is 6. The van der Waals surface area contributed by atoms with Crippen molar-refractivity contribution in [3.05, 3.63) is 89.6 Å². The average molecular weight is 462 g/mol. The molecule has 0 fully saturated rings. The van der Waals surface area contributed by atoms with Crippen LogP contribution >= 0.6 is 11.8 Å². The van der Waals surface area contributed by atoms with Crippen LogP contribution in [0, 0.1) is 13.8 Å². The molecule has 2 aromatic heterocycles. The number of amides is 2. The van der Waals surface area contributed by atoms with E-state index in [9.17, 15) is 9.59 Å². The minimum absolute atomic E-state index is 0.142. The number of aromatic nitrogens is 3. The van der Waals surface area contributed by atoms with Gasteiger partial charge in [0.2, 0.25) is 5.91 Å². The number of furan rings is 1. The van der Waals surface area contributed by atoms with E-state index in [1.165, 1.54) is 18.0 Å². The number of anilines is 1. The van der Waals surface area contributed by atoms with Crippen LogP contribution in [0.25, 0.3) is 5.69 Å². The minimum atomic E-state index is -0.342. The Morgan fingerprint density at radius 1 is 1.00 bits per heavy atom. The van der Waals surface area contributed by atoms with Gasteiger partial charge in [-0.2, -0.15) is 0 Å². The van der Waals surface area contributed by atoms with Crippen molar-refractivity contribution in [1.29, 1.82) is 0 Å². The molecule has 2 aromatic carbocycles. The van der Waals surface area contributed by atoms with Crippen molar-refractivity contribution >= 4 is 29.3 Å². The van der Waals surface area contributed by atoms with Crippen LogP contribution in [0.4, 0.5) is 5.69 Å². The molecular weight excluding hydrogens is 438 g/mol. The number of benzene rings is 2. The molecule has 2 heterocycles. The first kappa shape index (κ1) is 22.3. The smallest absolute Gasteiger partial charge is 0.287 e. The molecule has 4 aromatic rings. The zero-order chi connectivity index (χ0) is 23.2. The van der Waals surface area contributed by atoms with Gasteiger partial charge in [-0.05, 0) is 61.4 Å². The van der Waals surface area contributed by atoms with Gasteiger partial charge in [0.25, 0.3) is 5.91 Å². The molecule has 0 unspecified atom stereocenters. The van der Waals surface area contributed by atoms with Crippen molar-refractivity contribution < 1.29 is 14.0 Å². The Hall–Kier alpha value is -3.85. The van der Waals surface area contributed by atoms with E-state index in [4.69, 9.17) is 4.42 Å². The Kier molecular flexibility index (Phi) is 6.89. The minimum Gasteiger partial charge on any atom is -0.459 e. The van der Waals surface area contributed by atoms with Gasteiger partial charge in [-0.1, -0.05) is 36.0 Å². The summed E-state index contributed by atoms with van der Waals surface area (Å²) >= 11 is 1.28. The monoisotopic (exact) mass is 461 g/mol. The number of rotatable bonds is 8. The molecular formula is C24H23N5O3S. The normalized spacial score (nSPS) is 10.7. The molecule has 0 aliphatic carbocycles. The third kappa shape index (κ3) is 5.69. The van der Waals surface area contributed by atoms with Gasteiger partial charge in [0, 0.05) is 11.4 Å². The standard InChI is InChI=1S/C24H23N5O3S/c1-16-6-3-8-18(12-16)26-22(30)15-33-24-28-27-21(14-25-23(31)20-10-5-11-32-20)29(24)19-9-4-7-17(2)13-19/h3-13H,14-15H2,1-2H3,(H,25,31)(H,26,30). The molecule has 0 aliphatic heterocycles. The van der Waals surface area contributed by atoms with Gasteiger partial charge in [-0.25, -0.2) is 0 Å². The van der Waals surface area contributed by atoms with E-state index in [0.717, 1.165) is 22.5 Å². The van der Waals surface area contributed by atoms with Gasteiger partial charge >= 0.3 is 0 Å². The Morgan fingerprint density at radius 2 is 1.79 bits per heavy atom. The molecule has 4 rings (SSSR count). The summed E-state index contributed by atoms with van der Waals surface area (Å²) in [5, 5.41) is 14.8. The predicted molar refractivity (Wildman–Crippen MR) is 127 cm³/mol. The summed E-state index contributed by atoms with van der Waals surface area (Å²) in [6, 6.07) is 18.8. The van der Waals surface area contributed by atoms with Gasteiger partial charge in [0.15, 0.2) is 16.7 Å². The van der Waals surface area contributed by atoms with Gasteiger partial charge in [0.05, 0.1) is 18.6 Å². The third-order valence-electron chi connectivity index (χ3n) is 4.75. The lowest BCUT2D eigenvalue weighted by molar-refractivity contribution is -0.113. The number of carbonyl (C=O) groups is 2. The Labute approximate surface area is 195 Å². The molecule has 2 N–H and O–H groups in total. The number of carbonyl (C=O) groups excluding carboxylic acids is 2. The number of nitrogens with one attached hydrogen (secondary N) is 2. The summed E-state index contributed by atoms with van der Waals surface area (Å²) in [6.07, 6.45) is 1.45. The first-order valence-corrected chi connectivity index (χ1v) is 11.3. The van der Waals surface area contributed by atoms with Crippen LogP contribution in [0.1, 0.15) is 27.5 Å². The van der Waals surface area contributed by atoms with Gasteiger partial charge in [-0.3, -0.25) is 14.2 Å². The number of nitrogens with zero attached hydrogens (tertiary/aromatic N) is 3. The maximum atomic E-state index is 12.5. The van der Waals surface area contributed by atoms with Gasteiger partial charge in [-0.15, -0.1) is 10.2 Å². The first-order chi connectivity index (χ1) is 16.0. The summed E-state index contributed by atoms with van der Waals surface area (Å²) in [6.45, 7) is 4.12. The summed E-state index contributed by atoms with van der Waals surface area (Å²) in [5.41, 5.74) is 3.74. The quantitative estimate of drug-likeness (QED) is 0.383. The van der Waals surface area contributed by atoms with E-state index in [2.05, 4.69) is 20.8 Å². The lowest BCUT2D eigenvalue weighted by Gasteiger charge is -2.11. The second-order valence-corrected chi connectivity index (χ2v) is 8.38. The molecule has 8 nitrogen and oxygen atoms in total. The molecule has 0 radical (unpaired) electrons. The molecule has 33 heavy (non-hydrogen) atoms. The number of hydrogen-bond donors (Lipinski definition) is 2. The van der Waals surface area contributed by atoms with Crippen molar-refractivity contribution in [1.82, 2.24) is 20.1 Å². The Morgan fingerprint density at radius 3 is 2.52 bits per heavy atom. The molecule has 2 amide bonds. The van der Waals surface area contributed by atoms with Crippen LogP contribution in [-0.4, -0.2) is 32.3 Å². The molecule has 0 saturated heterocycles. The zero-order valence-electron chi connectivity index (χ0n) is 18.2. The Bertz CT molecular complexity index is 1270. The van der Waals surface area contributed by atoms with Crippen LogP contribution < -0.4 is 10.6 Å². The van der Waals surface area contributed by atoms with Crippen molar-refractivity contribution in [2.75, 3.05) is 11.1 Å². The highest BCUT2D eigenvalue weighted by Gasteiger charge is 2.18. The second-order valence-electron chi connectivity index (χ2n) is 7.44. The number of aryl methyl sites for hydroxylation is 2. The van der Waals surface area contributed by atoms with Crippen molar-refractivity contribution in [3.8, 4) is 5.69 Å². The topological polar surface area (TPSA) is 102 Å². The van der Waals surface area contributed by atoms with E-state index in [1.807, 2.05) is 66.9 Å². The van der Waals surface area contributed by atoms with Crippen molar-refractivity contribution in [2.45, 2.75) is 25.5 Å². The Balaban J connectivity index is 1.50. The summed E-state index contributed by atoms with van der Waals surface area (Å²) < 4.78 is 6.98. The fourth-order valence-electron chi connectivity index (χ4n) is 3.24. The maximum absolute atomic E-state index is 12.5. The average Bonchev–Trinajstić information content (AvgIpc) is 3.46. The number of thioether (sulfide) groups is 1. The largest absolute Gasteiger partial charge is 0.459 e. The third-order valence-corrected chi connectivity index (χ3v) is 5.68. The predicted octanol–water partition coefficient (Wildman–Crippen LogP) is 4.14. The van der Waals surface area contributed by atoms with Crippen molar-refractivity contribution in [2.24, 2.45) is 0 Å². The lowest BCUT2D eigenvalue weighted by Crippen LogP contribution is -2.24. The van der Waals surface area contributed by atoms with E-state index >= 15 is 0 Å². The molecule has 0 saturated carbocycles. The lowest BCUT2D eigenvalue weighted by atomic mass is 10.2. The second kappa shape index (κ2) is 10.2. The molecule has 0 atom stereocenters. The van der Waals surface area contributed by atoms with Crippen molar-refractivity contribution in [3.63, 3.8) is 0 Å². The van der Waals surface area contributed by atoms with E-state index in [-0.39, 0.29) is 29.9 Å². The van der Waals surface area contributed by atoms with E-state index < -0.39 is 0 Å². The zero-order valence-corrected chi connectivity index (χ0v) is 19.1. The maximum Gasteiger partial charge on any atom is 0.287 e. The van der Waals surface area contributed by atoms with E-state index in [1.54, 1.807) is 12.1 Å². The van der Waals surface area contributed by atoms with Gasteiger partial charge in [0.1, 0.15) is 0 Å². The molecule has 0 aliphatic rings. The van der Waals surface area contributed by atoms with Gasteiger partial charge < -0.3 is 15.1 Å². The highest BCUT2D eigenvalue weighted by Crippen LogP contribution is 2.23. The fourth-order valence-corrected chi connectivity index (χ4v) is 4.01. The van der Waals surface area contributed by atoms with Crippen LogP contribution in [-0.2, 0) is 11.3 Å².